The van der Waals surface area contributed by atoms with Crippen LogP contribution in [0.15, 0.2) is 53.4 Å². The van der Waals surface area contributed by atoms with E-state index >= 15 is 0 Å². The van der Waals surface area contributed by atoms with Gasteiger partial charge in [-0.15, -0.1) is 0 Å². The fraction of sp³-hybridized carbons (Fsp3) is 0.278. The van der Waals surface area contributed by atoms with Crippen LogP contribution in [-0.4, -0.2) is 36.3 Å². The molecule has 1 aliphatic rings. The number of hydrogen-bond donors (Lipinski definition) is 2. The first kappa shape index (κ1) is 18.3. The Labute approximate surface area is 151 Å². The molecule has 2 aromatic rings. The third kappa shape index (κ3) is 3.86. The van der Waals surface area contributed by atoms with E-state index in [9.17, 15) is 22.7 Å². The van der Waals surface area contributed by atoms with Crippen LogP contribution in [0.3, 0.4) is 0 Å². The lowest BCUT2D eigenvalue weighted by Gasteiger charge is -2.23. The summed E-state index contributed by atoms with van der Waals surface area (Å²) in [6.07, 6.45) is 1.01. The van der Waals surface area contributed by atoms with Gasteiger partial charge in [0.05, 0.1) is 4.90 Å². The van der Waals surface area contributed by atoms with Crippen molar-refractivity contribution in [3.63, 3.8) is 0 Å². The van der Waals surface area contributed by atoms with Crippen LogP contribution in [0.4, 0.5) is 4.39 Å². The second kappa shape index (κ2) is 7.43. The number of rotatable bonds is 5. The monoisotopic (exact) mass is 378 g/mol. The highest BCUT2D eigenvalue weighted by molar-refractivity contribution is 7.89. The summed E-state index contributed by atoms with van der Waals surface area (Å²) in [5.74, 6) is -0.762. The number of phenols is 1. The van der Waals surface area contributed by atoms with Crippen LogP contribution in [0, 0.1) is 5.82 Å². The molecule has 138 valence electrons. The number of carbonyl (C=O) groups excluding carboxylic acids is 1. The fourth-order valence-corrected chi connectivity index (χ4v) is 4.61. The van der Waals surface area contributed by atoms with Crippen molar-refractivity contribution < 1.29 is 22.7 Å². The number of nitrogens with one attached hydrogen (secondary N) is 1. The molecule has 3 rings (SSSR count). The molecule has 2 aromatic carbocycles. The van der Waals surface area contributed by atoms with Gasteiger partial charge in [0.1, 0.15) is 17.6 Å². The first-order valence-corrected chi connectivity index (χ1v) is 9.65. The molecular weight excluding hydrogens is 359 g/mol. The van der Waals surface area contributed by atoms with Crippen LogP contribution in [-0.2, 0) is 21.4 Å². The van der Waals surface area contributed by atoms with Crippen LogP contribution >= 0.6 is 0 Å². The summed E-state index contributed by atoms with van der Waals surface area (Å²) in [5.41, 5.74) is 0.794. The van der Waals surface area contributed by atoms with Crippen molar-refractivity contribution in [1.82, 2.24) is 9.62 Å². The summed E-state index contributed by atoms with van der Waals surface area (Å²) in [5, 5.41) is 12.0. The predicted molar refractivity (Wildman–Crippen MR) is 93.3 cm³/mol. The molecule has 8 heteroatoms. The van der Waals surface area contributed by atoms with Crippen molar-refractivity contribution in [2.24, 2.45) is 0 Å². The normalized spacial score (nSPS) is 18.0. The number of nitrogens with zero attached hydrogens (tertiary/aromatic N) is 1. The molecule has 0 aromatic heterocycles. The van der Waals surface area contributed by atoms with E-state index in [2.05, 4.69) is 5.32 Å². The predicted octanol–water partition coefficient (Wildman–Crippen LogP) is 2.00. The quantitative estimate of drug-likeness (QED) is 0.833. The van der Waals surface area contributed by atoms with E-state index in [1.165, 1.54) is 28.6 Å². The van der Waals surface area contributed by atoms with Crippen LogP contribution in [0.2, 0.25) is 0 Å². The molecule has 1 fully saturated rings. The van der Waals surface area contributed by atoms with E-state index in [1.807, 2.05) is 0 Å². The number of phenolic OH excluding ortho intramolecular Hbond substituents is 1. The zero-order valence-corrected chi connectivity index (χ0v) is 14.7. The minimum atomic E-state index is -3.87. The van der Waals surface area contributed by atoms with Crippen molar-refractivity contribution in [3.05, 3.63) is 59.9 Å². The molecule has 0 aliphatic carbocycles. The summed E-state index contributed by atoms with van der Waals surface area (Å²) in [7, 11) is -3.87. The average molecular weight is 378 g/mol. The largest absolute Gasteiger partial charge is 0.508 e. The van der Waals surface area contributed by atoms with Gasteiger partial charge in [0.25, 0.3) is 0 Å². The highest BCUT2D eigenvalue weighted by Gasteiger charge is 2.39. The van der Waals surface area contributed by atoms with Gasteiger partial charge in [-0.05, 0) is 54.8 Å². The van der Waals surface area contributed by atoms with Crippen LogP contribution in [0.25, 0.3) is 0 Å². The zero-order valence-electron chi connectivity index (χ0n) is 13.9. The maximum Gasteiger partial charge on any atom is 0.243 e. The van der Waals surface area contributed by atoms with Crippen LogP contribution < -0.4 is 5.32 Å². The van der Waals surface area contributed by atoms with E-state index in [0.717, 1.165) is 17.7 Å². The van der Waals surface area contributed by atoms with E-state index in [0.29, 0.717) is 12.8 Å². The fourth-order valence-electron chi connectivity index (χ4n) is 2.95. The Balaban J connectivity index is 1.71. The lowest BCUT2D eigenvalue weighted by atomic mass is 10.2. The zero-order chi connectivity index (χ0) is 18.7. The second-order valence-corrected chi connectivity index (χ2v) is 8.00. The lowest BCUT2D eigenvalue weighted by Crippen LogP contribution is -2.45. The number of carbonyl (C=O) groups is 1. The molecule has 0 radical (unpaired) electrons. The molecular formula is C18H19FN2O4S. The van der Waals surface area contributed by atoms with Gasteiger partial charge in [-0.1, -0.05) is 12.1 Å². The van der Waals surface area contributed by atoms with Crippen molar-refractivity contribution in [3.8, 4) is 5.75 Å². The molecule has 1 aliphatic heterocycles. The molecule has 1 heterocycles. The van der Waals surface area contributed by atoms with Gasteiger partial charge >= 0.3 is 0 Å². The third-order valence-corrected chi connectivity index (χ3v) is 6.25. The number of benzene rings is 2. The average Bonchev–Trinajstić information content (AvgIpc) is 3.12. The van der Waals surface area contributed by atoms with Crippen molar-refractivity contribution >= 4 is 15.9 Å². The Morgan fingerprint density at radius 2 is 1.81 bits per heavy atom. The first-order valence-electron chi connectivity index (χ1n) is 8.21. The number of amides is 1. The lowest BCUT2D eigenvalue weighted by molar-refractivity contribution is -0.124. The minimum Gasteiger partial charge on any atom is -0.508 e. The van der Waals surface area contributed by atoms with Gasteiger partial charge < -0.3 is 10.4 Å². The Morgan fingerprint density at radius 3 is 2.46 bits per heavy atom. The molecule has 0 bridgehead atoms. The summed E-state index contributed by atoms with van der Waals surface area (Å²) < 4.78 is 39.8. The highest BCUT2D eigenvalue weighted by Crippen LogP contribution is 2.26. The molecule has 26 heavy (non-hydrogen) atoms. The minimum absolute atomic E-state index is 0.0304. The molecule has 0 spiro atoms. The van der Waals surface area contributed by atoms with E-state index in [-0.39, 0.29) is 29.6 Å². The van der Waals surface area contributed by atoms with Crippen LogP contribution in [0.5, 0.6) is 5.75 Å². The smallest absolute Gasteiger partial charge is 0.243 e. The van der Waals surface area contributed by atoms with E-state index in [4.69, 9.17) is 0 Å². The Kier molecular flexibility index (Phi) is 5.24. The van der Waals surface area contributed by atoms with Gasteiger partial charge in [-0.25, -0.2) is 12.8 Å². The number of aromatic hydroxyl groups is 1. The molecule has 0 saturated carbocycles. The van der Waals surface area contributed by atoms with E-state index in [1.54, 1.807) is 12.1 Å². The van der Waals surface area contributed by atoms with Crippen LogP contribution in [0.1, 0.15) is 18.4 Å². The summed E-state index contributed by atoms with van der Waals surface area (Å²) >= 11 is 0. The highest BCUT2D eigenvalue weighted by atomic mass is 32.2. The van der Waals surface area contributed by atoms with Gasteiger partial charge in [-0.3, -0.25) is 4.79 Å². The second-order valence-electron chi connectivity index (χ2n) is 6.11. The molecule has 1 atom stereocenters. The van der Waals surface area contributed by atoms with Gasteiger partial charge in [0.2, 0.25) is 15.9 Å². The molecule has 1 unspecified atom stereocenters. The maximum atomic E-state index is 13.1. The summed E-state index contributed by atoms with van der Waals surface area (Å²) in [6.45, 7) is 0.483. The Bertz CT molecular complexity index is 882. The van der Waals surface area contributed by atoms with Gasteiger partial charge in [0, 0.05) is 13.1 Å². The van der Waals surface area contributed by atoms with Crippen molar-refractivity contribution in [2.45, 2.75) is 30.3 Å². The third-order valence-electron chi connectivity index (χ3n) is 4.33. The van der Waals surface area contributed by atoms with Crippen molar-refractivity contribution in [2.75, 3.05) is 6.54 Å². The standard InChI is InChI=1S/C18H19FN2O4S/c19-14-5-9-16(10-6-14)26(24,25)21-11-1-2-17(21)18(23)20-12-13-3-7-15(22)8-4-13/h3-10,17,22H,1-2,11-12H2,(H,20,23). The SMILES string of the molecule is O=C(NCc1ccc(O)cc1)C1CCCN1S(=O)(=O)c1ccc(F)cc1. The number of halogens is 1. The maximum absolute atomic E-state index is 13.1. The van der Waals surface area contributed by atoms with Gasteiger partial charge in [-0.2, -0.15) is 4.31 Å². The van der Waals surface area contributed by atoms with E-state index < -0.39 is 21.9 Å². The number of sulfonamides is 1. The summed E-state index contributed by atoms with van der Waals surface area (Å²) in [6, 6.07) is 10.2. The molecule has 6 nitrogen and oxygen atoms in total. The topological polar surface area (TPSA) is 86.7 Å². The molecule has 1 saturated heterocycles. The first-order chi connectivity index (χ1) is 12.4. The number of hydrogen-bond acceptors (Lipinski definition) is 4. The van der Waals surface area contributed by atoms with Crippen molar-refractivity contribution in [1.29, 1.82) is 0 Å². The Morgan fingerprint density at radius 1 is 1.15 bits per heavy atom. The Hall–Kier alpha value is -2.45. The molecule has 2 N–H and O–H groups in total. The summed E-state index contributed by atoms with van der Waals surface area (Å²) in [4.78, 5) is 12.5. The molecule has 1 amide bonds. The van der Waals surface area contributed by atoms with Gasteiger partial charge in [0.15, 0.2) is 0 Å².